The van der Waals surface area contributed by atoms with E-state index in [1.54, 1.807) is 30.1 Å². The molecule has 0 radical (unpaired) electrons. The zero-order chi connectivity index (χ0) is 21.0. The van der Waals surface area contributed by atoms with E-state index in [0.717, 1.165) is 10.2 Å². The fourth-order valence-corrected chi connectivity index (χ4v) is 3.12. The van der Waals surface area contributed by atoms with Crippen LogP contribution in [0.5, 0.6) is 11.5 Å². The maximum atomic E-state index is 12.9. The number of carbonyl (C=O) groups is 3. The van der Waals surface area contributed by atoms with E-state index in [0.29, 0.717) is 35.9 Å². The van der Waals surface area contributed by atoms with E-state index >= 15 is 0 Å². The molecule has 152 valence electrons. The van der Waals surface area contributed by atoms with Gasteiger partial charge in [-0.3, -0.25) is 14.4 Å². The third kappa shape index (κ3) is 4.86. The minimum absolute atomic E-state index is 0.00463. The summed E-state index contributed by atoms with van der Waals surface area (Å²) in [5, 5.41) is 5.11. The van der Waals surface area contributed by atoms with Crippen LogP contribution in [0, 0.1) is 0 Å². The normalized spacial score (nSPS) is 14.0. The number of carbonyl (C=O) groups excluding carboxylic acids is 3. The summed E-state index contributed by atoms with van der Waals surface area (Å²) in [5.41, 5.74) is 1.73. The minimum atomic E-state index is -0.228. The summed E-state index contributed by atoms with van der Waals surface area (Å²) in [5.74, 6) is 0.860. The van der Waals surface area contributed by atoms with Gasteiger partial charge in [0.25, 0.3) is 11.8 Å². The quantitative estimate of drug-likeness (QED) is 0.679. The molecular weight excluding hydrogens is 442 g/mol. The molecule has 4 rings (SSSR count). The molecule has 2 aromatic rings. The first-order chi connectivity index (χ1) is 13.9. The Kier molecular flexibility index (Phi) is 6.38. The number of hydrogen-bond donors (Lipinski definition) is 2. The second-order valence-corrected chi connectivity index (χ2v) is 7.19. The molecule has 0 bridgehead atoms. The fourth-order valence-electron chi connectivity index (χ4n) is 2.78. The Hall–Kier alpha value is -3.07. The lowest BCUT2D eigenvalue weighted by molar-refractivity contribution is -0.119. The van der Waals surface area contributed by atoms with Gasteiger partial charge in [0.1, 0.15) is 18.1 Å². The molecule has 2 aliphatic heterocycles. The van der Waals surface area contributed by atoms with Crippen LogP contribution in [-0.4, -0.2) is 44.5 Å². The Morgan fingerprint density at radius 1 is 1.14 bits per heavy atom. The predicted octanol–water partition coefficient (Wildman–Crippen LogP) is 2.57. The predicted molar refractivity (Wildman–Crippen MR) is 112 cm³/mol. The van der Waals surface area contributed by atoms with Crippen LogP contribution in [0.15, 0.2) is 40.9 Å². The summed E-state index contributed by atoms with van der Waals surface area (Å²) in [7, 11) is 1.60. The van der Waals surface area contributed by atoms with E-state index in [-0.39, 0.29) is 24.3 Å². The van der Waals surface area contributed by atoms with Crippen LogP contribution in [0.25, 0.3) is 0 Å². The van der Waals surface area contributed by atoms with Crippen molar-refractivity contribution in [3.63, 3.8) is 0 Å². The van der Waals surface area contributed by atoms with Gasteiger partial charge >= 0.3 is 0 Å². The highest BCUT2D eigenvalue weighted by Gasteiger charge is 2.26. The van der Waals surface area contributed by atoms with Gasteiger partial charge in [0, 0.05) is 24.0 Å². The lowest BCUT2D eigenvalue weighted by Gasteiger charge is -2.30. The third-order valence-electron chi connectivity index (χ3n) is 4.24. The first kappa shape index (κ1) is 20.7. The topological polar surface area (TPSA) is 97.0 Å². The van der Waals surface area contributed by atoms with Crippen LogP contribution >= 0.6 is 15.9 Å². The van der Waals surface area contributed by atoms with Gasteiger partial charge in [-0.1, -0.05) is 15.9 Å². The molecule has 2 N–H and O–H groups in total. The van der Waals surface area contributed by atoms with Crippen molar-refractivity contribution in [1.82, 2.24) is 5.32 Å². The Balaban J connectivity index is 0.000000431. The number of amides is 3. The van der Waals surface area contributed by atoms with Gasteiger partial charge in [-0.2, -0.15) is 0 Å². The highest BCUT2D eigenvalue weighted by atomic mass is 79.9. The average Bonchev–Trinajstić information content (AvgIpc) is 2.72. The van der Waals surface area contributed by atoms with E-state index in [9.17, 15) is 14.4 Å². The molecule has 0 fully saturated rings. The Morgan fingerprint density at radius 2 is 1.90 bits per heavy atom. The summed E-state index contributed by atoms with van der Waals surface area (Å²) in [6.07, 6.45) is 0. The standard InChI is InChI=1S/C17H13BrN2O4.C3H7NO/c18-11-2-3-13-15(8-11)23-6-5-20(13)17(22)10-1-4-14-12(7-10)19-16(21)9-24-14;1-3(5)4-2/h1-4,7-8H,5-6,9H2,(H,19,21);1-2H3,(H,4,5). The Bertz CT molecular complexity index is 963. The monoisotopic (exact) mass is 461 g/mol. The largest absolute Gasteiger partial charge is 0.489 e. The molecule has 2 aliphatic rings. The summed E-state index contributed by atoms with van der Waals surface area (Å²) >= 11 is 3.40. The summed E-state index contributed by atoms with van der Waals surface area (Å²) < 4.78 is 11.8. The zero-order valence-corrected chi connectivity index (χ0v) is 17.5. The number of nitrogens with zero attached hydrogens (tertiary/aromatic N) is 1. The van der Waals surface area contributed by atoms with Crippen molar-refractivity contribution < 1.29 is 23.9 Å². The minimum Gasteiger partial charge on any atom is -0.489 e. The Labute approximate surface area is 176 Å². The van der Waals surface area contributed by atoms with Crippen LogP contribution in [0.1, 0.15) is 17.3 Å². The number of ether oxygens (including phenoxy) is 2. The molecule has 0 aromatic heterocycles. The molecule has 0 aliphatic carbocycles. The highest BCUT2D eigenvalue weighted by molar-refractivity contribution is 9.10. The van der Waals surface area contributed by atoms with Crippen molar-refractivity contribution in [2.75, 3.05) is 37.0 Å². The molecule has 0 saturated heterocycles. The van der Waals surface area contributed by atoms with E-state index in [2.05, 4.69) is 26.6 Å². The van der Waals surface area contributed by atoms with Gasteiger partial charge < -0.3 is 25.0 Å². The van der Waals surface area contributed by atoms with Gasteiger partial charge in [0.05, 0.1) is 17.9 Å². The third-order valence-corrected chi connectivity index (χ3v) is 4.73. The van der Waals surface area contributed by atoms with Crippen LogP contribution in [0.2, 0.25) is 0 Å². The summed E-state index contributed by atoms with van der Waals surface area (Å²) in [6.45, 7) is 2.36. The number of benzene rings is 2. The van der Waals surface area contributed by atoms with Gasteiger partial charge in [-0.25, -0.2) is 0 Å². The molecule has 0 atom stereocenters. The summed E-state index contributed by atoms with van der Waals surface area (Å²) in [6, 6.07) is 10.6. The van der Waals surface area contributed by atoms with Crippen molar-refractivity contribution in [3.05, 3.63) is 46.4 Å². The van der Waals surface area contributed by atoms with Gasteiger partial charge in [-0.15, -0.1) is 0 Å². The number of fused-ring (bicyclic) bond motifs is 2. The van der Waals surface area contributed by atoms with Gasteiger partial charge in [0.2, 0.25) is 5.91 Å². The maximum Gasteiger partial charge on any atom is 0.262 e. The molecule has 9 heteroatoms. The van der Waals surface area contributed by atoms with Crippen molar-refractivity contribution in [2.45, 2.75) is 6.92 Å². The van der Waals surface area contributed by atoms with Crippen molar-refractivity contribution in [2.24, 2.45) is 0 Å². The lowest BCUT2D eigenvalue weighted by Crippen LogP contribution is -2.38. The van der Waals surface area contributed by atoms with Crippen LogP contribution in [-0.2, 0) is 9.59 Å². The van der Waals surface area contributed by atoms with Crippen LogP contribution < -0.4 is 25.0 Å². The second kappa shape index (κ2) is 8.95. The first-order valence-electron chi connectivity index (χ1n) is 8.88. The van der Waals surface area contributed by atoms with Gasteiger partial charge in [-0.05, 0) is 36.4 Å². The molecule has 3 amide bonds. The van der Waals surface area contributed by atoms with Crippen molar-refractivity contribution >= 4 is 45.0 Å². The SMILES string of the molecule is CNC(C)=O.O=C1COc2ccc(C(=O)N3CCOc4cc(Br)ccc43)cc2N1. The van der Waals surface area contributed by atoms with Crippen LogP contribution in [0.3, 0.4) is 0 Å². The summed E-state index contributed by atoms with van der Waals surface area (Å²) in [4.78, 5) is 35.8. The Morgan fingerprint density at radius 3 is 2.62 bits per heavy atom. The number of anilines is 2. The fraction of sp³-hybridized carbons (Fsp3) is 0.250. The number of nitrogens with one attached hydrogen (secondary N) is 2. The average molecular weight is 462 g/mol. The number of halogens is 1. The van der Waals surface area contributed by atoms with Crippen LogP contribution in [0.4, 0.5) is 11.4 Å². The first-order valence-corrected chi connectivity index (χ1v) is 9.67. The second-order valence-electron chi connectivity index (χ2n) is 6.27. The molecule has 29 heavy (non-hydrogen) atoms. The van der Waals surface area contributed by atoms with Crippen molar-refractivity contribution in [3.8, 4) is 11.5 Å². The van der Waals surface area contributed by atoms with E-state index in [1.807, 2.05) is 18.2 Å². The molecule has 0 spiro atoms. The molecule has 2 heterocycles. The van der Waals surface area contributed by atoms with E-state index in [1.165, 1.54) is 6.92 Å². The number of hydrogen-bond acceptors (Lipinski definition) is 5. The van der Waals surface area contributed by atoms with Crippen molar-refractivity contribution in [1.29, 1.82) is 0 Å². The maximum absolute atomic E-state index is 12.9. The number of rotatable bonds is 1. The molecule has 0 unspecified atom stereocenters. The lowest BCUT2D eigenvalue weighted by atomic mass is 10.1. The molecular formula is C20H20BrN3O5. The smallest absolute Gasteiger partial charge is 0.262 e. The van der Waals surface area contributed by atoms with E-state index < -0.39 is 0 Å². The highest BCUT2D eigenvalue weighted by Crippen LogP contribution is 2.36. The molecule has 8 nitrogen and oxygen atoms in total. The zero-order valence-electron chi connectivity index (χ0n) is 16.0. The molecule has 0 saturated carbocycles. The van der Waals surface area contributed by atoms with E-state index in [4.69, 9.17) is 9.47 Å². The van der Waals surface area contributed by atoms with Gasteiger partial charge in [0.15, 0.2) is 6.61 Å². The molecule has 2 aromatic carbocycles.